The zero-order valence-electron chi connectivity index (χ0n) is 12.5. The fourth-order valence-electron chi connectivity index (χ4n) is 2.24. The molecule has 9 heteroatoms. The summed E-state index contributed by atoms with van der Waals surface area (Å²) in [5.74, 6) is -0.476. The Balaban J connectivity index is 1.94. The van der Waals surface area contributed by atoms with E-state index in [2.05, 4.69) is 10.4 Å². The summed E-state index contributed by atoms with van der Waals surface area (Å²) in [5.41, 5.74) is -1.59. The maximum atomic E-state index is 13.5. The van der Waals surface area contributed by atoms with Crippen molar-refractivity contribution < 1.29 is 22.4 Å². The summed E-state index contributed by atoms with van der Waals surface area (Å²) in [5, 5.41) is 6.47. The summed E-state index contributed by atoms with van der Waals surface area (Å²) in [6.45, 7) is -0.0325. The standard InChI is InChI=1S/C16H11ClF3N3O2/c17-10-3-5-11(6-4-10)23-14(16(18,19)20)13(9-22-23)15(24)21-8-12-2-1-7-25-12/h1-7,9H,8H2,(H,21,24). The highest BCUT2D eigenvalue weighted by molar-refractivity contribution is 6.30. The Morgan fingerprint density at radius 1 is 1.24 bits per heavy atom. The smallest absolute Gasteiger partial charge is 0.434 e. The van der Waals surface area contributed by atoms with Crippen LogP contribution in [0.5, 0.6) is 0 Å². The summed E-state index contributed by atoms with van der Waals surface area (Å²) in [7, 11) is 0. The summed E-state index contributed by atoms with van der Waals surface area (Å²) >= 11 is 5.75. The molecule has 0 atom stereocenters. The van der Waals surface area contributed by atoms with Gasteiger partial charge < -0.3 is 9.73 Å². The molecule has 2 heterocycles. The van der Waals surface area contributed by atoms with Gasteiger partial charge in [-0.25, -0.2) is 4.68 Å². The number of hydrogen-bond acceptors (Lipinski definition) is 3. The molecule has 0 aliphatic carbocycles. The van der Waals surface area contributed by atoms with E-state index in [4.69, 9.17) is 16.0 Å². The number of benzene rings is 1. The van der Waals surface area contributed by atoms with Crippen molar-refractivity contribution in [2.24, 2.45) is 0 Å². The van der Waals surface area contributed by atoms with Crippen LogP contribution in [0.1, 0.15) is 21.8 Å². The lowest BCUT2D eigenvalue weighted by atomic mass is 10.2. The maximum Gasteiger partial charge on any atom is 0.434 e. The van der Waals surface area contributed by atoms with E-state index in [1.54, 1.807) is 12.1 Å². The normalized spacial score (nSPS) is 11.5. The molecular formula is C16H11ClF3N3O2. The molecule has 25 heavy (non-hydrogen) atoms. The Labute approximate surface area is 145 Å². The number of nitrogens with one attached hydrogen (secondary N) is 1. The summed E-state index contributed by atoms with van der Waals surface area (Å²) < 4.78 is 46.2. The van der Waals surface area contributed by atoms with Crippen LogP contribution in [0.4, 0.5) is 13.2 Å². The molecule has 3 aromatic rings. The molecule has 0 bridgehead atoms. The van der Waals surface area contributed by atoms with Crippen LogP contribution < -0.4 is 5.32 Å². The lowest BCUT2D eigenvalue weighted by Crippen LogP contribution is -2.26. The molecule has 5 nitrogen and oxygen atoms in total. The summed E-state index contributed by atoms with van der Waals surface area (Å²) in [6, 6.07) is 8.86. The number of carbonyl (C=O) groups is 1. The van der Waals surface area contributed by atoms with Gasteiger partial charge in [-0.1, -0.05) is 11.6 Å². The lowest BCUT2D eigenvalue weighted by molar-refractivity contribution is -0.143. The van der Waals surface area contributed by atoms with E-state index in [9.17, 15) is 18.0 Å². The third kappa shape index (κ3) is 3.69. The Bertz CT molecular complexity index is 871. The first-order valence-electron chi connectivity index (χ1n) is 7.08. The van der Waals surface area contributed by atoms with E-state index in [-0.39, 0.29) is 12.2 Å². The molecular weight excluding hydrogens is 359 g/mol. The SMILES string of the molecule is O=C(NCc1ccco1)c1cnn(-c2ccc(Cl)cc2)c1C(F)(F)F. The molecule has 0 aliphatic heterocycles. The average Bonchev–Trinajstić information content (AvgIpc) is 3.22. The maximum absolute atomic E-state index is 13.5. The van der Waals surface area contributed by atoms with Gasteiger partial charge in [-0.2, -0.15) is 18.3 Å². The summed E-state index contributed by atoms with van der Waals surface area (Å²) in [6.07, 6.45) is -2.48. The highest BCUT2D eigenvalue weighted by Crippen LogP contribution is 2.33. The van der Waals surface area contributed by atoms with E-state index in [1.165, 1.54) is 30.5 Å². The van der Waals surface area contributed by atoms with Crippen molar-refractivity contribution in [1.29, 1.82) is 0 Å². The van der Waals surface area contributed by atoms with Crippen LogP contribution >= 0.6 is 11.6 Å². The number of amides is 1. The third-order valence-corrected chi connectivity index (χ3v) is 3.61. The van der Waals surface area contributed by atoms with Crippen LogP contribution in [0.25, 0.3) is 5.69 Å². The van der Waals surface area contributed by atoms with Gasteiger partial charge in [-0.05, 0) is 36.4 Å². The zero-order chi connectivity index (χ0) is 18.0. The van der Waals surface area contributed by atoms with Crippen molar-refractivity contribution in [2.75, 3.05) is 0 Å². The van der Waals surface area contributed by atoms with Gasteiger partial charge in [0.1, 0.15) is 5.76 Å². The number of nitrogens with zero attached hydrogens (tertiary/aromatic N) is 2. The Hall–Kier alpha value is -2.74. The second-order valence-corrected chi connectivity index (χ2v) is 5.49. The highest BCUT2D eigenvalue weighted by Gasteiger charge is 2.40. The fraction of sp³-hybridized carbons (Fsp3) is 0.125. The number of furan rings is 1. The minimum absolute atomic E-state index is 0.0325. The minimum Gasteiger partial charge on any atom is -0.467 e. The minimum atomic E-state index is -4.77. The van der Waals surface area contributed by atoms with E-state index < -0.39 is 23.3 Å². The van der Waals surface area contributed by atoms with Gasteiger partial charge in [-0.15, -0.1) is 0 Å². The van der Waals surface area contributed by atoms with E-state index >= 15 is 0 Å². The first-order chi connectivity index (χ1) is 11.9. The average molecular weight is 370 g/mol. The van der Waals surface area contributed by atoms with Gasteiger partial charge in [0.25, 0.3) is 5.91 Å². The first kappa shape index (κ1) is 17.1. The van der Waals surface area contributed by atoms with Gasteiger partial charge >= 0.3 is 6.18 Å². The quantitative estimate of drug-likeness (QED) is 0.754. The lowest BCUT2D eigenvalue weighted by Gasteiger charge is -2.12. The van der Waals surface area contributed by atoms with Crippen molar-refractivity contribution in [3.63, 3.8) is 0 Å². The molecule has 1 aromatic carbocycles. The van der Waals surface area contributed by atoms with Crippen LogP contribution in [0.3, 0.4) is 0 Å². The molecule has 3 rings (SSSR count). The van der Waals surface area contributed by atoms with Gasteiger partial charge in [-0.3, -0.25) is 4.79 Å². The van der Waals surface area contributed by atoms with Crippen LogP contribution in [0, 0.1) is 0 Å². The zero-order valence-corrected chi connectivity index (χ0v) is 13.3. The molecule has 0 saturated heterocycles. The van der Waals surface area contributed by atoms with Crippen LogP contribution in [0.2, 0.25) is 5.02 Å². The monoisotopic (exact) mass is 369 g/mol. The number of rotatable bonds is 4. The molecule has 0 saturated carbocycles. The number of carbonyl (C=O) groups excluding carboxylic acids is 1. The largest absolute Gasteiger partial charge is 0.467 e. The number of alkyl halides is 3. The molecule has 2 aromatic heterocycles. The van der Waals surface area contributed by atoms with E-state index in [0.717, 1.165) is 6.20 Å². The van der Waals surface area contributed by atoms with E-state index in [1.807, 2.05) is 0 Å². The van der Waals surface area contributed by atoms with Crippen LogP contribution in [-0.4, -0.2) is 15.7 Å². The van der Waals surface area contributed by atoms with Gasteiger partial charge in [0, 0.05) is 5.02 Å². The van der Waals surface area contributed by atoms with Crippen molar-refractivity contribution in [3.05, 3.63) is 70.9 Å². The third-order valence-electron chi connectivity index (χ3n) is 3.36. The van der Waals surface area contributed by atoms with Crippen molar-refractivity contribution in [2.45, 2.75) is 12.7 Å². The number of aromatic nitrogens is 2. The molecule has 0 spiro atoms. The second-order valence-electron chi connectivity index (χ2n) is 5.05. The van der Waals surface area contributed by atoms with Gasteiger partial charge in [0.2, 0.25) is 0 Å². The van der Waals surface area contributed by atoms with Crippen molar-refractivity contribution >= 4 is 17.5 Å². The predicted octanol–water partition coefficient (Wildman–Crippen LogP) is 4.07. The summed E-state index contributed by atoms with van der Waals surface area (Å²) in [4.78, 5) is 12.2. The Morgan fingerprint density at radius 2 is 1.96 bits per heavy atom. The van der Waals surface area contributed by atoms with Crippen molar-refractivity contribution in [1.82, 2.24) is 15.1 Å². The number of halogens is 4. The topological polar surface area (TPSA) is 60.1 Å². The second kappa shape index (κ2) is 6.64. The molecule has 0 radical (unpaired) electrons. The molecule has 130 valence electrons. The molecule has 0 aliphatic rings. The number of hydrogen-bond donors (Lipinski definition) is 1. The van der Waals surface area contributed by atoms with Gasteiger partial charge in [0.15, 0.2) is 5.69 Å². The van der Waals surface area contributed by atoms with E-state index in [0.29, 0.717) is 15.5 Å². The fourth-order valence-corrected chi connectivity index (χ4v) is 2.37. The Kier molecular flexibility index (Phi) is 4.54. The van der Waals surface area contributed by atoms with Gasteiger partial charge in [0.05, 0.1) is 30.3 Å². The predicted molar refractivity (Wildman–Crippen MR) is 83.5 cm³/mol. The molecule has 0 unspecified atom stereocenters. The van der Waals surface area contributed by atoms with Crippen LogP contribution in [0.15, 0.2) is 53.3 Å². The Morgan fingerprint density at radius 3 is 2.56 bits per heavy atom. The van der Waals surface area contributed by atoms with Crippen molar-refractivity contribution in [3.8, 4) is 5.69 Å². The first-order valence-corrected chi connectivity index (χ1v) is 7.46. The molecule has 1 N–H and O–H groups in total. The molecule has 1 amide bonds. The highest BCUT2D eigenvalue weighted by atomic mass is 35.5. The molecule has 0 fully saturated rings. The van der Waals surface area contributed by atoms with Crippen LogP contribution in [-0.2, 0) is 12.7 Å².